The van der Waals surface area contributed by atoms with Crippen LogP contribution in [0.25, 0.3) is 0 Å². The van der Waals surface area contributed by atoms with Crippen LogP contribution in [0.5, 0.6) is 0 Å². The highest BCUT2D eigenvalue weighted by molar-refractivity contribution is 5.80. The third-order valence-corrected chi connectivity index (χ3v) is 7.67. The minimum Gasteiger partial charge on any atom is -0.376 e. The van der Waals surface area contributed by atoms with Gasteiger partial charge in [0.2, 0.25) is 11.8 Å². The van der Waals surface area contributed by atoms with E-state index in [-0.39, 0.29) is 28.6 Å². The topological polar surface area (TPSA) is 67.4 Å². The maximum atomic E-state index is 13.3. The monoisotopic (exact) mass is 480 g/mol. The van der Waals surface area contributed by atoms with Crippen molar-refractivity contribution < 1.29 is 18.7 Å². The summed E-state index contributed by atoms with van der Waals surface area (Å²) in [6.45, 7) is 5.58. The zero-order chi connectivity index (χ0) is 24.9. The first-order chi connectivity index (χ1) is 16.7. The molecule has 35 heavy (non-hydrogen) atoms. The van der Waals surface area contributed by atoms with E-state index < -0.39 is 5.54 Å². The van der Waals surface area contributed by atoms with E-state index in [1.165, 1.54) is 17.7 Å². The molecule has 2 fully saturated rings. The lowest BCUT2D eigenvalue weighted by molar-refractivity contribution is -0.123. The number of carbonyl (C=O) groups is 2. The summed E-state index contributed by atoms with van der Waals surface area (Å²) >= 11 is 0. The standard InChI is InChI=1S/C29H37FN2O3/c1-27(2)21-28(17-19-35-27,23-6-4-3-5-7-23)16-18-31-25(33)12-14-29(15-13-26(34)32-29)20-22-8-10-24(30)11-9-22/h3-11H,12-21H2,1-2H3,(H,31,33)(H,32,34)/t28-,29-/m0/s1. The van der Waals surface area contributed by atoms with Gasteiger partial charge in [0.1, 0.15) is 5.82 Å². The molecule has 2 N–H and O–H groups in total. The first kappa shape index (κ1) is 25.4. The third kappa shape index (κ3) is 6.49. The molecule has 188 valence electrons. The SMILES string of the molecule is CC1(C)C[C@@](CCNC(=O)CC[C@@]2(Cc3ccc(F)cc3)CCC(=O)N2)(c2ccccc2)CCO1. The Morgan fingerprint density at radius 3 is 2.46 bits per heavy atom. The molecule has 2 aromatic rings. The molecular formula is C29H37FN2O3. The molecule has 2 atom stereocenters. The number of ether oxygens (including phenoxy) is 1. The minimum absolute atomic E-state index is 0.000776. The molecule has 0 aliphatic carbocycles. The van der Waals surface area contributed by atoms with Crippen LogP contribution in [0.4, 0.5) is 4.39 Å². The van der Waals surface area contributed by atoms with Crippen molar-refractivity contribution in [3.8, 4) is 0 Å². The van der Waals surface area contributed by atoms with Crippen molar-refractivity contribution in [1.82, 2.24) is 10.6 Å². The van der Waals surface area contributed by atoms with Gasteiger partial charge in [0.05, 0.1) is 5.60 Å². The summed E-state index contributed by atoms with van der Waals surface area (Å²) in [6.07, 6.45) is 5.34. The van der Waals surface area contributed by atoms with Crippen LogP contribution in [0.15, 0.2) is 54.6 Å². The summed E-state index contributed by atoms with van der Waals surface area (Å²) in [6, 6.07) is 16.9. The van der Waals surface area contributed by atoms with Crippen LogP contribution >= 0.6 is 0 Å². The van der Waals surface area contributed by atoms with Gasteiger partial charge in [0.15, 0.2) is 0 Å². The summed E-state index contributed by atoms with van der Waals surface area (Å²) in [4.78, 5) is 24.9. The van der Waals surface area contributed by atoms with E-state index in [0.29, 0.717) is 45.3 Å². The Morgan fingerprint density at radius 1 is 1.06 bits per heavy atom. The number of hydrogen-bond acceptors (Lipinski definition) is 3. The fraction of sp³-hybridized carbons (Fsp3) is 0.517. The predicted molar refractivity (Wildman–Crippen MR) is 134 cm³/mol. The molecule has 0 unspecified atom stereocenters. The molecule has 2 aromatic carbocycles. The largest absolute Gasteiger partial charge is 0.376 e. The summed E-state index contributed by atoms with van der Waals surface area (Å²) < 4.78 is 19.3. The van der Waals surface area contributed by atoms with Crippen LogP contribution in [0.3, 0.4) is 0 Å². The molecule has 0 saturated carbocycles. The number of hydrogen-bond donors (Lipinski definition) is 2. The van der Waals surface area contributed by atoms with Crippen LogP contribution in [0.1, 0.15) is 69.9 Å². The Bertz CT molecular complexity index is 1020. The van der Waals surface area contributed by atoms with Crippen molar-refractivity contribution in [2.24, 2.45) is 0 Å². The summed E-state index contributed by atoms with van der Waals surface area (Å²) in [5.41, 5.74) is 1.58. The first-order valence-electron chi connectivity index (χ1n) is 12.7. The molecule has 2 heterocycles. The number of benzene rings is 2. The third-order valence-electron chi connectivity index (χ3n) is 7.67. The fourth-order valence-electron chi connectivity index (χ4n) is 5.93. The van der Waals surface area contributed by atoms with Crippen molar-refractivity contribution in [1.29, 1.82) is 0 Å². The van der Waals surface area contributed by atoms with Gasteiger partial charge in [-0.15, -0.1) is 0 Å². The van der Waals surface area contributed by atoms with Crippen LogP contribution in [-0.2, 0) is 26.2 Å². The maximum absolute atomic E-state index is 13.3. The highest BCUT2D eigenvalue weighted by Gasteiger charge is 2.42. The van der Waals surface area contributed by atoms with Gasteiger partial charge in [-0.1, -0.05) is 42.5 Å². The fourth-order valence-corrected chi connectivity index (χ4v) is 5.93. The second-order valence-corrected chi connectivity index (χ2v) is 10.9. The van der Waals surface area contributed by atoms with Gasteiger partial charge in [-0.25, -0.2) is 4.39 Å². The van der Waals surface area contributed by atoms with Gasteiger partial charge in [0, 0.05) is 36.9 Å². The normalized spacial score (nSPS) is 25.7. The highest BCUT2D eigenvalue weighted by Crippen LogP contribution is 2.43. The smallest absolute Gasteiger partial charge is 0.220 e. The molecule has 0 spiro atoms. The van der Waals surface area contributed by atoms with E-state index in [2.05, 4.69) is 48.7 Å². The van der Waals surface area contributed by atoms with E-state index in [1.807, 2.05) is 6.07 Å². The summed E-state index contributed by atoms with van der Waals surface area (Å²) in [7, 11) is 0. The molecule has 0 bridgehead atoms. The highest BCUT2D eigenvalue weighted by atomic mass is 19.1. The van der Waals surface area contributed by atoms with E-state index in [4.69, 9.17) is 4.74 Å². The summed E-state index contributed by atoms with van der Waals surface area (Å²) in [5.74, 6) is -0.266. The van der Waals surface area contributed by atoms with E-state index in [0.717, 1.165) is 24.8 Å². The molecule has 0 aromatic heterocycles. The molecular weight excluding hydrogens is 443 g/mol. The maximum Gasteiger partial charge on any atom is 0.220 e. The predicted octanol–water partition coefficient (Wildman–Crippen LogP) is 4.83. The molecule has 2 aliphatic rings. The summed E-state index contributed by atoms with van der Waals surface area (Å²) in [5, 5.41) is 6.24. The van der Waals surface area contributed by atoms with Crippen molar-refractivity contribution in [3.63, 3.8) is 0 Å². The number of carbonyl (C=O) groups excluding carboxylic acids is 2. The van der Waals surface area contributed by atoms with E-state index >= 15 is 0 Å². The van der Waals surface area contributed by atoms with Crippen LogP contribution in [0.2, 0.25) is 0 Å². The molecule has 6 heteroatoms. The molecule has 2 amide bonds. The lowest BCUT2D eigenvalue weighted by atomic mass is 9.67. The molecule has 2 saturated heterocycles. The van der Waals surface area contributed by atoms with Gasteiger partial charge < -0.3 is 15.4 Å². The Kier molecular flexibility index (Phi) is 7.60. The Balaban J connectivity index is 1.35. The van der Waals surface area contributed by atoms with Crippen molar-refractivity contribution in [3.05, 3.63) is 71.5 Å². The Labute approximate surface area is 207 Å². The zero-order valence-corrected chi connectivity index (χ0v) is 20.9. The number of rotatable bonds is 9. The minimum atomic E-state index is -0.456. The van der Waals surface area contributed by atoms with E-state index in [9.17, 15) is 14.0 Å². The number of amides is 2. The number of nitrogens with one attached hydrogen (secondary N) is 2. The van der Waals surface area contributed by atoms with E-state index in [1.54, 1.807) is 12.1 Å². The van der Waals surface area contributed by atoms with Gasteiger partial charge in [-0.3, -0.25) is 9.59 Å². The quantitative estimate of drug-likeness (QED) is 0.540. The average Bonchev–Trinajstić information content (AvgIpc) is 3.20. The second kappa shape index (κ2) is 10.5. The van der Waals surface area contributed by atoms with Crippen molar-refractivity contribution in [2.45, 2.75) is 81.8 Å². The van der Waals surface area contributed by atoms with Crippen LogP contribution in [0, 0.1) is 5.82 Å². The number of halogens is 1. The van der Waals surface area contributed by atoms with Crippen LogP contribution in [-0.4, -0.2) is 36.1 Å². The average molecular weight is 481 g/mol. The lowest BCUT2D eigenvalue weighted by Gasteiger charge is -2.45. The van der Waals surface area contributed by atoms with Crippen molar-refractivity contribution in [2.75, 3.05) is 13.2 Å². The Morgan fingerprint density at radius 2 is 1.80 bits per heavy atom. The molecule has 2 aliphatic heterocycles. The Hall–Kier alpha value is -2.73. The molecule has 5 nitrogen and oxygen atoms in total. The second-order valence-electron chi connectivity index (χ2n) is 10.9. The van der Waals surface area contributed by atoms with Gasteiger partial charge in [-0.05, 0) is 75.6 Å². The molecule has 0 radical (unpaired) electrons. The van der Waals surface area contributed by atoms with Gasteiger partial charge in [-0.2, -0.15) is 0 Å². The zero-order valence-electron chi connectivity index (χ0n) is 20.9. The van der Waals surface area contributed by atoms with Gasteiger partial charge >= 0.3 is 0 Å². The van der Waals surface area contributed by atoms with Crippen molar-refractivity contribution >= 4 is 11.8 Å². The first-order valence-corrected chi connectivity index (χ1v) is 12.7. The van der Waals surface area contributed by atoms with Gasteiger partial charge in [0.25, 0.3) is 0 Å². The molecule has 4 rings (SSSR count). The lowest BCUT2D eigenvalue weighted by Crippen LogP contribution is -2.46. The van der Waals surface area contributed by atoms with Crippen LogP contribution < -0.4 is 10.6 Å².